The molecule has 0 aliphatic heterocycles. The van der Waals surface area contributed by atoms with Crippen LogP contribution in [-0.2, 0) is 4.57 Å². The third-order valence-electron chi connectivity index (χ3n) is 1.93. The Morgan fingerprint density at radius 1 is 1.31 bits per heavy atom. The molecule has 0 bridgehead atoms. The lowest BCUT2D eigenvalue weighted by Crippen LogP contribution is -2.19. The van der Waals surface area contributed by atoms with Gasteiger partial charge in [0.05, 0.1) is 0 Å². The summed E-state index contributed by atoms with van der Waals surface area (Å²) >= 11 is 0. The Morgan fingerprint density at radius 3 is 2.38 bits per heavy atom. The minimum Gasteiger partial charge on any atom is -0.328 e. The van der Waals surface area contributed by atoms with Crippen molar-refractivity contribution in [1.29, 1.82) is 0 Å². The summed E-state index contributed by atoms with van der Waals surface area (Å²) in [5, 5.41) is 0. The first-order valence-electron chi connectivity index (χ1n) is 4.76. The van der Waals surface area contributed by atoms with Crippen molar-refractivity contribution in [2.45, 2.75) is 45.1 Å². The van der Waals surface area contributed by atoms with Crippen molar-refractivity contribution < 1.29 is 14.4 Å². The Kier molecular flexibility index (Phi) is 6.60. The molecular weight excluding hydrogens is 189 g/mol. The number of unbranched alkanes of at least 4 members (excludes halogenated alkanes) is 1. The molecular formula is C8H20NO3P. The molecule has 1 unspecified atom stereocenters. The van der Waals surface area contributed by atoms with Crippen LogP contribution in [0.5, 0.6) is 0 Å². The lowest BCUT2D eigenvalue weighted by atomic mass is 10.1. The fourth-order valence-electron chi connectivity index (χ4n) is 1.24. The van der Waals surface area contributed by atoms with Crippen LogP contribution in [-0.4, -0.2) is 22.0 Å². The highest BCUT2D eigenvalue weighted by molar-refractivity contribution is 7.51. The Balaban J connectivity index is 3.30. The molecule has 0 aliphatic carbocycles. The van der Waals surface area contributed by atoms with Crippen LogP contribution < -0.4 is 5.73 Å². The number of rotatable bonds is 7. The summed E-state index contributed by atoms with van der Waals surface area (Å²) in [4.78, 5) is 17.1. The summed E-state index contributed by atoms with van der Waals surface area (Å²) in [5.74, 6) is 0. The Morgan fingerprint density at radius 2 is 1.92 bits per heavy atom. The van der Waals surface area contributed by atoms with Crippen LogP contribution in [0.2, 0.25) is 0 Å². The molecule has 0 radical (unpaired) electrons. The van der Waals surface area contributed by atoms with E-state index < -0.39 is 7.60 Å². The first-order valence-corrected chi connectivity index (χ1v) is 6.55. The van der Waals surface area contributed by atoms with Crippen molar-refractivity contribution in [3.63, 3.8) is 0 Å². The topological polar surface area (TPSA) is 83.6 Å². The highest BCUT2D eigenvalue weighted by Gasteiger charge is 2.11. The van der Waals surface area contributed by atoms with Crippen molar-refractivity contribution in [2.75, 3.05) is 6.16 Å². The van der Waals surface area contributed by atoms with E-state index >= 15 is 0 Å². The summed E-state index contributed by atoms with van der Waals surface area (Å²) in [6, 6.07) is 0.196. The second-order valence-electron chi connectivity index (χ2n) is 3.43. The van der Waals surface area contributed by atoms with Gasteiger partial charge < -0.3 is 15.5 Å². The largest absolute Gasteiger partial charge is 0.328 e. The summed E-state index contributed by atoms with van der Waals surface area (Å²) in [7, 11) is -3.78. The SMILES string of the molecule is CCCC(N)CCCCP(=O)(O)O. The van der Waals surface area contributed by atoms with Gasteiger partial charge in [-0.05, 0) is 19.3 Å². The van der Waals surface area contributed by atoms with E-state index in [1.54, 1.807) is 0 Å². The average Bonchev–Trinajstić information content (AvgIpc) is 1.97. The molecule has 0 aromatic heterocycles. The van der Waals surface area contributed by atoms with Crippen LogP contribution in [0.1, 0.15) is 39.0 Å². The van der Waals surface area contributed by atoms with Crippen LogP contribution >= 0.6 is 7.60 Å². The van der Waals surface area contributed by atoms with E-state index in [0.29, 0.717) is 6.42 Å². The minimum atomic E-state index is -3.78. The third-order valence-corrected chi connectivity index (χ3v) is 2.83. The third kappa shape index (κ3) is 10.0. The van der Waals surface area contributed by atoms with E-state index in [9.17, 15) is 4.57 Å². The fraction of sp³-hybridized carbons (Fsp3) is 1.00. The summed E-state index contributed by atoms with van der Waals surface area (Å²) in [6.45, 7) is 2.08. The summed E-state index contributed by atoms with van der Waals surface area (Å²) in [5.41, 5.74) is 5.74. The van der Waals surface area contributed by atoms with Gasteiger partial charge in [0.2, 0.25) is 0 Å². The number of hydrogen-bond donors (Lipinski definition) is 3. The Hall–Kier alpha value is 0.110. The molecule has 0 fully saturated rings. The maximum atomic E-state index is 10.5. The van der Waals surface area contributed by atoms with Gasteiger partial charge in [-0.1, -0.05) is 19.8 Å². The van der Waals surface area contributed by atoms with E-state index in [4.69, 9.17) is 15.5 Å². The molecule has 0 spiro atoms. The van der Waals surface area contributed by atoms with Crippen molar-refractivity contribution >= 4 is 7.60 Å². The summed E-state index contributed by atoms with van der Waals surface area (Å²) in [6.07, 6.45) is 4.31. The van der Waals surface area contributed by atoms with Crippen LogP contribution in [0.25, 0.3) is 0 Å². The molecule has 0 saturated carbocycles. The van der Waals surface area contributed by atoms with Gasteiger partial charge in [0.1, 0.15) is 0 Å². The van der Waals surface area contributed by atoms with Gasteiger partial charge in [0.15, 0.2) is 0 Å². The molecule has 0 aromatic rings. The van der Waals surface area contributed by atoms with Crippen molar-refractivity contribution in [3.05, 3.63) is 0 Å². The molecule has 0 heterocycles. The zero-order valence-corrected chi connectivity index (χ0v) is 9.04. The number of nitrogens with two attached hydrogens (primary N) is 1. The van der Waals surface area contributed by atoms with E-state index in [1.807, 2.05) is 0 Å². The highest BCUT2D eigenvalue weighted by atomic mass is 31.2. The predicted octanol–water partition coefficient (Wildman–Crippen LogP) is 1.46. The molecule has 0 rings (SSSR count). The van der Waals surface area contributed by atoms with Crippen molar-refractivity contribution in [1.82, 2.24) is 0 Å². The predicted molar refractivity (Wildman–Crippen MR) is 53.6 cm³/mol. The quantitative estimate of drug-likeness (QED) is 0.438. The second kappa shape index (κ2) is 6.55. The second-order valence-corrected chi connectivity index (χ2v) is 5.21. The standard InChI is InChI=1S/C8H20NO3P/c1-2-5-8(9)6-3-4-7-13(10,11)12/h8H,2-7,9H2,1H3,(H2,10,11,12). The highest BCUT2D eigenvalue weighted by Crippen LogP contribution is 2.35. The van der Waals surface area contributed by atoms with Crippen molar-refractivity contribution in [2.24, 2.45) is 5.73 Å². The maximum Gasteiger partial charge on any atom is 0.325 e. The van der Waals surface area contributed by atoms with Gasteiger partial charge in [-0.15, -0.1) is 0 Å². The molecule has 0 saturated heterocycles. The molecule has 0 aromatic carbocycles. The van der Waals surface area contributed by atoms with Crippen LogP contribution in [0.3, 0.4) is 0 Å². The average molecular weight is 209 g/mol. The molecule has 4 nitrogen and oxygen atoms in total. The van der Waals surface area contributed by atoms with Gasteiger partial charge in [-0.25, -0.2) is 0 Å². The van der Waals surface area contributed by atoms with Gasteiger partial charge in [-0.2, -0.15) is 0 Å². The first kappa shape index (κ1) is 13.1. The molecule has 4 N–H and O–H groups in total. The zero-order valence-electron chi connectivity index (χ0n) is 8.15. The lowest BCUT2D eigenvalue weighted by Gasteiger charge is -2.09. The van der Waals surface area contributed by atoms with Crippen LogP contribution in [0.15, 0.2) is 0 Å². The van der Waals surface area contributed by atoms with Crippen LogP contribution in [0.4, 0.5) is 0 Å². The minimum absolute atomic E-state index is 0.00809. The summed E-state index contributed by atoms with van der Waals surface area (Å²) < 4.78 is 10.5. The van der Waals surface area contributed by atoms with Gasteiger partial charge >= 0.3 is 7.60 Å². The van der Waals surface area contributed by atoms with E-state index in [2.05, 4.69) is 6.92 Å². The fourth-order valence-corrected chi connectivity index (χ4v) is 1.87. The normalized spacial score (nSPS) is 14.5. The molecule has 0 amide bonds. The molecule has 13 heavy (non-hydrogen) atoms. The lowest BCUT2D eigenvalue weighted by molar-refractivity contribution is 0.370. The van der Waals surface area contributed by atoms with Crippen molar-refractivity contribution in [3.8, 4) is 0 Å². The van der Waals surface area contributed by atoms with Gasteiger partial charge in [0, 0.05) is 12.2 Å². The molecule has 5 heteroatoms. The Bertz CT molecular complexity index is 169. The van der Waals surface area contributed by atoms with E-state index in [0.717, 1.165) is 25.7 Å². The smallest absolute Gasteiger partial charge is 0.325 e. The van der Waals surface area contributed by atoms with Gasteiger partial charge in [-0.3, -0.25) is 4.57 Å². The van der Waals surface area contributed by atoms with E-state index in [-0.39, 0.29) is 12.2 Å². The van der Waals surface area contributed by atoms with Crippen LogP contribution in [0, 0.1) is 0 Å². The van der Waals surface area contributed by atoms with E-state index in [1.165, 1.54) is 0 Å². The molecule has 80 valence electrons. The molecule has 0 aliphatic rings. The van der Waals surface area contributed by atoms with Gasteiger partial charge in [0.25, 0.3) is 0 Å². The maximum absolute atomic E-state index is 10.5. The monoisotopic (exact) mass is 209 g/mol. The first-order chi connectivity index (χ1) is 5.95. The Labute approximate surface area is 79.7 Å². The number of hydrogen-bond acceptors (Lipinski definition) is 2. The zero-order chi connectivity index (χ0) is 10.3. The molecule has 1 atom stereocenters.